The number of hydrogen-bond donors (Lipinski definition) is 1. The third-order valence-electron chi connectivity index (χ3n) is 3.56. The molecular weight excluding hydrogens is 296 g/mol. The predicted molar refractivity (Wildman–Crippen MR) is 87.8 cm³/mol. The van der Waals surface area contributed by atoms with Gasteiger partial charge in [-0.3, -0.25) is 4.79 Å². The smallest absolute Gasteiger partial charge is 0.410 e. The van der Waals surface area contributed by atoms with E-state index in [1.165, 1.54) is 0 Å². The Morgan fingerprint density at radius 2 is 1.83 bits per heavy atom. The van der Waals surface area contributed by atoms with Crippen LogP contribution in [0.1, 0.15) is 26.3 Å². The lowest BCUT2D eigenvalue weighted by atomic mass is 10.1. The van der Waals surface area contributed by atoms with Gasteiger partial charge in [0.1, 0.15) is 5.60 Å². The van der Waals surface area contributed by atoms with E-state index >= 15 is 0 Å². The fourth-order valence-electron chi connectivity index (χ4n) is 2.51. The van der Waals surface area contributed by atoms with Crippen LogP contribution in [0, 0.1) is 0 Å². The molecule has 1 aliphatic rings. The van der Waals surface area contributed by atoms with Gasteiger partial charge in [0.15, 0.2) is 0 Å². The van der Waals surface area contributed by atoms with Crippen molar-refractivity contribution >= 4 is 17.7 Å². The Morgan fingerprint density at radius 3 is 2.39 bits per heavy atom. The lowest BCUT2D eigenvalue weighted by molar-refractivity contribution is -0.136. The van der Waals surface area contributed by atoms with E-state index in [9.17, 15) is 9.59 Å². The molecular formula is C17H24N2O4. The van der Waals surface area contributed by atoms with Gasteiger partial charge in [-0.1, -0.05) is 12.1 Å². The Hall–Kier alpha value is -2.24. The molecule has 1 heterocycles. The van der Waals surface area contributed by atoms with Gasteiger partial charge < -0.3 is 19.6 Å². The Morgan fingerprint density at radius 1 is 1.17 bits per heavy atom. The van der Waals surface area contributed by atoms with Gasteiger partial charge in [0.05, 0.1) is 6.42 Å². The maximum absolute atomic E-state index is 12.1. The second-order valence-electron chi connectivity index (χ2n) is 6.69. The molecule has 126 valence electrons. The molecule has 1 saturated heterocycles. The van der Waals surface area contributed by atoms with Crippen molar-refractivity contribution in [3.63, 3.8) is 0 Å². The number of carbonyl (C=O) groups is 2. The zero-order chi connectivity index (χ0) is 17.0. The fraction of sp³-hybridized carbons (Fsp3) is 0.529. The summed E-state index contributed by atoms with van der Waals surface area (Å²) in [6.07, 6.45) is -0.261. The highest BCUT2D eigenvalue weighted by atomic mass is 16.6. The van der Waals surface area contributed by atoms with Gasteiger partial charge in [0.25, 0.3) is 0 Å². The topological polar surface area (TPSA) is 70.1 Å². The Balaban J connectivity index is 1.94. The summed E-state index contributed by atoms with van der Waals surface area (Å²) in [5.41, 5.74) is 1.29. The quantitative estimate of drug-likeness (QED) is 0.926. The first-order valence-electron chi connectivity index (χ1n) is 7.78. The SMILES string of the molecule is CC(C)(C)OC(=O)N1CCN(c2cccc(CC(=O)O)c2)CC1. The molecule has 0 spiro atoms. The number of benzene rings is 1. The van der Waals surface area contributed by atoms with Crippen molar-refractivity contribution in [1.29, 1.82) is 0 Å². The number of carboxylic acids is 1. The van der Waals surface area contributed by atoms with Crippen molar-refractivity contribution in [3.8, 4) is 0 Å². The summed E-state index contributed by atoms with van der Waals surface area (Å²) < 4.78 is 5.38. The molecule has 6 nitrogen and oxygen atoms in total. The number of nitrogens with zero attached hydrogens (tertiary/aromatic N) is 2. The summed E-state index contributed by atoms with van der Waals surface area (Å²) in [6.45, 7) is 8.17. The minimum Gasteiger partial charge on any atom is -0.481 e. The van der Waals surface area contributed by atoms with E-state index in [0.29, 0.717) is 26.2 Å². The molecule has 1 aromatic rings. The van der Waals surface area contributed by atoms with Gasteiger partial charge in [-0.05, 0) is 38.5 Å². The minimum absolute atomic E-state index is 0.0196. The summed E-state index contributed by atoms with van der Waals surface area (Å²) in [7, 11) is 0. The molecule has 23 heavy (non-hydrogen) atoms. The van der Waals surface area contributed by atoms with Crippen molar-refractivity contribution in [1.82, 2.24) is 4.90 Å². The van der Waals surface area contributed by atoms with Crippen molar-refractivity contribution in [2.24, 2.45) is 0 Å². The molecule has 0 aromatic heterocycles. The van der Waals surface area contributed by atoms with Crippen LogP contribution in [-0.4, -0.2) is 53.8 Å². The number of piperazine rings is 1. The molecule has 1 aromatic carbocycles. The first-order chi connectivity index (χ1) is 10.7. The van der Waals surface area contributed by atoms with E-state index in [0.717, 1.165) is 11.3 Å². The van der Waals surface area contributed by atoms with Crippen molar-refractivity contribution in [3.05, 3.63) is 29.8 Å². The average Bonchev–Trinajstić information content (AvgIpc) is 2.45. The second kappa shape index (κ2) is 6.89. The standard InChI is InChI=1S/C17H24N2O4/c1-17(2,3)23-16(22)19-9-7-18(8-10-19)14-6-4-5-13(11-14)12-15(20)21/h4-6,11H,7-10,12H2,1-3H3,(H,20,21). The summed E-state index contributed by atoms with van der Waals surface area (Å²) in [5.74, 6) is -0.836. The van der Waals surface area contributed by atoms with E-state index in [2.05, 4.69) is 4.90 Å². The molecule has 0 radical (unpaired) electrons. The summed E-state index contributed by atoms with van der Waals surface area (Å²) in [6, 6.07) is 7.55. The predicted octanol–water partition coefficient (Wildman–Crippen LogP) is 2.37. The van der Waals surface area contributed by atoms with Crippen LogP contribution in [-0.2, 0) is 16.0 Å². The Kier molecular flexibility index (Phi) is 5.13. The van der Waals surface area contributed by atoms with Gasteiger partial charge in [0.2, 0.25) is 0 Å². The van der Waals surface area contributed by atoms with Crippen LogP contribution in [0.3, 0.4) is 0 Å². The number of rotatable bonds is 3. The summed E-state index contributed by atoms with van der Waals surface area (Å²) in [4.78, 5) is 26.7. The number of aliphatic carboxylic acids is 1. The molecule has 1 N–H and O–H groups in total. The van der Waals surface area contributed by atoms with Crippen molar-refractivity contribution in [2.45, 2.75) is 32.8 Å². The van der Waals surface area contributed by atoms with Gasteiger partial charge in [-0.15, -0.1) is 0 Å². The second-order valence-corrected chi connectivity index (χ2v) is 6.69. The van der Waals surface area contributed by atoms with Gasteiger partial charge in [0, 0.05) is 31.9 Å². The number of anilines is 1. The zero-order valence-corrected chi connectivity index (χ0v) is 13.9. The monoisotopic (exact) mass is 320 g/mol. The molecule has 1 fully saturated rings. The van der Waals surface area contributed by atoms with E-state index in [1.54, 1.807) is 4.90 Å². The normalized spacial score (nSPS) is 15.4. The van der Waals surface area contributed by atoms with Crippen molar-refractivity contribution in [2.75, 3.05) is 31.1 Å². The Labute approximate surface area is 136 Å². The lowest BCUT2D eigenvalue weighted by Gasteiger charge is -2.36. The average molecular weight is 320 g/mol. The largest absolute Gasteiger partial charge is 0.481 e. The van der Waals surface area contributed by atoms with Gasteiger partial charge in [-0.2, -0.15) is 0 Å². The molecule has 0 atom stereocenters. The van der Waals surface area contributed by atoms with Gasteiger partial charge >= 0.3 is 12.1 Å². The first kappa shape index (κ1) is 17.1. The van der Waals surface area contributed by atoms with Gasteiger partial charge in [-0.25, -0.2) is 4.79 Å². The summed E-state index contributed by atoms with van der Waals surface area (Å²) >= 11 is 0. The highest BCUT2D eigenvalue weighted by Crippen LogP contribution is 2.19. The van der Waals surface area contributed by atoms with Crippen LogP contribution < -0.4 is 4.90 Å². The van der Waals surface area contributed by atoms with E-state index in [4.69, 9.17) is 9.84 Å². The number of carboxylic acid groups (broad SMARTS) is 1. The van der Waals surface area contributed by atoms with E-state index in [-0.39, 0.29) is 12.5 Å². The van der Waals surface area contributed by atoms with Crippen LogP contribution in [0.2, 0.25) is 0 Å². The maximum atomic E-state index is 12.1. The molecule has 6 heteroatoms. The molecule has 1 aliphatic heterocycles. The lowest BCUT2D eigenvalue weighted by Crippen LogP contribution is -2.50. The maximum Gasteiger partial charge on any atom is 0.410 e. The molecule has 0 unspecified atom stereocenters. The zero-order valence-electron chi connectivity index (χ0n) is 13.9. The number of amides is 1. The van der Waals surface area contributed by atoms with Crippen LogP contribution in [0.4, 0.5) is 10.5 Å². The molecule has 1 amide bonds. The molecule has 0 aliphatic carbocycles. The van der Waals surface area contributed by atoms with Crippen LogP contribution in [0.5, 0.6) is 0 Å². The van der Waals surface area contributed by atoms with Crippen LogP contribution >= 0.6 is 0 Å². The highest BCUT2D eigenvalue weighted by molar-refractivity contribution is 5.71. The third kappa shape index (κ3) is 5.16. The van der Waals surface area contributed by atoms with Crippen molar-refractivity contribution < 1.29 is 19.4 Å². The Bertz CT molecular complexity index is 572. The molecule has 0 saturated carbocycles. The summed E-state index contributed by atoms with van der Waals surface area (Å²) in [5, 5.41) is 8.89. The highest BCUT2D eigenvalue weighted by Gasteiger charge is 2.25. The van der Waals surface area contributed by atoms with E-state index in [1.807, 2.05) is 45.0 Å². The number of carbonyl (C=O) groups excluding carboxylic acids is 1. The number of ether oxygens (including phenoxy) is 1. The first-order valence-corrected chi connectivity index (χ1v) is 7.78. The van der Waals surface area contributed by atoms with Crippen LogP contribution in [0.15, 0.2) is 24.3 Å². The van der Waals surface area contributed by atoms with Crippen LogP contribution in [0.25, 0.3) is 0 Å². The number of hydrogen-bond acceptors (Lipinski definition) is 4. The fourth-order valence-corrected chi connectivity index (χ4v) is 2.51. The third-order valence-corrected chi connectivity index (χ3v) is 3.56. The molecule has 2 rings (SSSR count). The minimum atomic E-state index is -0.836. The van der Waals surface area contributed by atoms with E-state index < -0.39 is 11.6 Å². The molecule has 0 bridgehead atoms.